The third-order valence-electron chi connectivity index (χ3n) is 2.13. The van der Waals surface area contributed by atoms with Gasteiger partial charge in [0.05, 0.1) is 12.0 Å². The van der Waals surface area contributed by atoms with Gasteiger partial charge < -0.3 is 5.11 Å². The van der Waals surface area contributed by atoms with Gasteiger partial charge in [0.25, 0.3) is 5.91 Å². The lowest BCUT2D eigenvalue weighted by molar-refractivity contribution is -0.118. The van der Waals surface area contributed by atoms with Gasteiger partial charge in [0.15, 0.2) is 8.29 Å². The summed E-state index contributed by atoms with van der Waals surface area (Å²) in [6, 6.07) is 4.94. The second-order valence-corrected chi connectivity index (χ2v) is 7.47. The zero-order valence-electron chi connectivity index (χ0n) is 10.4. The second kappa shape index (κ2) is 7.69. The number of carbonyl (C=O) groups excluding carboxylic acids is 1. The summed E-state index contributed by atoms with van der Waals surface area (Å²) in [6.45, 7) is 0. The average molecular weight is 405 g/mol. The maximum atomic E-state index is 11.6. The van der Waals surface area contributed by atoms with Crippen LogP contribution in [0.4, 0.5) is 0 Å². The normalized spacial score (nSPS) is 10.9. The third-order valence-corrected chi connectivity index (χ3v) is 4.85. The Kier molecular flexibility index (Phi) is 5.91. The molecule has 2 rings (SSSR count). The van der Waals surface area contributed by atoms with Crippen LogP contribution in [-0.2, 0) is 4.79 Å². The van der Waals surface area contributed by atoms with Gasteiger partial charge >= 0.3 is 0 Å². The molecule has 0 saturated heterocycles. The van der Waals surface area contributed by atoms with E-state index in [1.807, 2.05) is 0 Å². The zero-order valence-corrected chi connectivity index (χ0v) is 14.4. The first-order valence-corrected chi connectivity index (χ1v) is 8.53. The van der Waals surface area contributed by atoms with Crippen LogP contribution in [0.1, 0.15) is 5.56 Å². The molecule has 0 aliphatic heterocycles. The highest BCUT2D eigenvalue weighted by molar-refractivity contribution is 9.10. The van der Waals surface area contributed by atoms with E-state index in [1.54, 1.807) is 12.1 Å². The summed E-state index contributed by atoms with van der Waals surface area (Å²) < 4.78 is 2.08. The van der Waals surface area contributed by atoms with Gasteiger partial charge in [-0.2, -0.15) is 10.2 Å². The Hall–Kier alpha value is -1.23. The van der Waals surface area contributed by atoms with Crippen LogP contribution in [0.25, 0.3) is 0 Å². The Balaban J connectivity index is 1.84. The molecule has 3 N–H and O–H groups in total. The fourth-order valence-corrected chi connectivity index (χ4v) is 3.49. The van der Waals surface area contributed by atoms with Crippen LogP contribution in [0.15, 0.2) is 32.1 Å². The van der Waals surface area contributed by atoms with E-state index < -0.39 is 0 Å². The molecule has 21 heavy (non-hydrogen) atoms. The Labute approximate surface area is 141 Å². The molecule has 1 aromatic heterocycles. The molecule has 0 saturated carbocycles. The number of halogens is 1. The van der Waals surface area contributed by atoms with Gasteiger partial charge in [-0.1, -0.05) is 39.0 Å². The van der Waals surface area contributed by atoms with Crippen molar-refractivity contribution in [1.82, 2.24) is 15.6 Å². The third kappa shape index (κ3) is 5.23. The zero-order chi connectivity index (χ0) is 15.2. The van der Waals surface area contributed by atoms with E-state index in [2.05, 4.69) is 36.7 Å². The number of aromatic amines is 1. The van der Waals surface area contributed by atoms with Crippen LogP contribution >= 0.6 is 51.2 Å². The molecule has 1 heterocycles. The summed E-state index contributed by atoms with van der Waals surface area (Å²) >= 11 is 10.8. The predicted octanol–water partition coefficient (Wildman–Crippen LogP) is 2.91. The van der Waals surface area contributed by atoms with Crippen molar-refractivity contribution in [3.8, 4) is 5.75 Å². The monoisotopic (exact) mass is 404 g/mol. The van der Waals surface area contributed by atoms with E-state index in [1.165, 1.54) is 35.4 Å². The van der Waals surface area contributed by atoms with Gasteiger partial charge in [-0.15, -0.1) is 0 Å². The lowest BCUT2D eigenvalue weighted by atomic mass is 10.2. The molecule has 1 aromatic carbocycles. The van der Waals surface area contributed by atoms with E-state index in [4.69, 9.17) is 12.2 Å². The van der Waals surface area contributed by atoms with Gasteiger partial charge in [-0.3, -0.25) is 9.89 Å². The number of H-pyrrole nitrogens is 1. The number of aromatic hydroxyl groups is 1. The Morgan fingerprint density at radius 1 is 1.67 bits per heavy atom. The van der Waals surface area contributed by atoms with Gasteiger partial charge in [0.1, 0.15) is 5.75 Å². The van der Waals surface area contributed by atoms with Gasteiger partial charge in [0, 0.05) is 10.0 Å². The Morgan fingerprint density at radius 2 is 2.48 bits per heavy atom. The number of phenols is 1. The van der Waals surface area contributed by atoms with Crippen LogP contribution in [0.3, 0.4) is 0 Å². The van der Waals surface area contributed by atoms with E-state index >= 15 is 0 Å². The van der Waals surface area contributed by atoms with Crippen molar-refractivity contribution in [3.63, 3.8) is 0 Å². The summed E-state index contributed by atoms with van der Waals surface area (Å²) in [6.07, 6.45) is 1.38. The maximum absolute atomic E-state index is 11.6. The molecule has 0 radical (unpaired) electrons. The molecule has 2 aromatic rings. The summed E-state index contributed by atoms with van der Waals surface area (Å²) in [5.41, 5.74) is 2.88. The molecule has 1 amide bonds. The van der Waals surface area contributed by atoms with Gasteiger partial charge in [-0.25, -0.2) is 5.43 Å². The first-order chi connectivity index (χ1) is 10.0. The summed E-state index contributed by atoms with van der Waals surface area (Å²) in [4.78, 5) is 11.6. The molecular weight excluding hydrogens is 396 g/mol. The highest BCUT2D eigenvalue weighted by Gasteiger charge is 2.04. The summed E-state index contributed by atoms with van der Waals surface area (Å²) in [5, 5.41) is 20.0. The molecular formula is C11H9BrN4O2S3. The van der Waals surface area contributed by atoms with Crippen molar-refractivity contribution in [3.05, 3.63) is 32.2 Å². The minimum Gasteiger partial charge on any atom is -0.507 e. The maximum Gasteiger partial charge on any atom is 0.250 e. The molecule has 0 bridgehead atoms. The number of thioether (sulfide) groups is 1. The largest absolute Gasteiger partial charge is 0.507 e. The lowest BCUT2D eigenvalue weighted by Gasteiger charge is -2.00. The minimum absolute atomic E-state index is 0.0851. The number of hydrogen-bond donors (Lipinski definition) is 3. The van der Waals surface area contributed by atoms with Crippen molar-refractivity contribution >= 4 is 63.4 Å². The summed E-state index contributed by atoms with van der Waals surface area (Å²) in [5.74, 6) is -0.00786. The number of nitrogens with one attached hydrogen (secondary N) is 2. The number of carbonyl (C=O) groups is 1. The highest BCUT2D eigenvalue weighted by Crippen LogP contribution is 2.20. The lowest BCUT2D eigenvalue weighted by Crippen LogP contribution is -2.19. The minimum atomic E-state index is -0.271. The standard InChI is InChI=1S/C11H9BrN4O2S3/c12-7-1-2-8(17)6(3-7)4-13-14-9(18)5-20-11-16-15-10(19)21-11/h1-4,17H,5H2,(H,14,18)(H,15,19). The van der Waals surface area contributed by atoms with E-state index in [-0.39, 0.29) is 17.4 Å². The number of nitrogens with zero attached hydrogens (tertiary/aromatic N) is 2. The Morgan fingerprint density at radius 3 is 3.19 bits per heavy atom. The average Bonchev–Trinajstić information content (AvgIpc) is 2.86. The van der Waals surface area contributed by atoms with Gasteiger partial charge in [-0.05, 0) is 30.4 Å². The van der Waals surface area contributed by atoms with Crippen molar-refractivity contribution in [2.45, 2.75) is 4.34 Å². The first kappa shape index (κ1) is 16.1. The number of phenolic OH excluding ortho intramolecular Hbond substituents is 1. The molecule has 0 spiro atoms. The van der Waals surface area contributed by atoms with Crippen LogP contribution < -0.4 is 5.43 Å². The molecule has 10 heteroatoms. The molecule has 0 unspecified atom stereocenters. The van der Waals surface area contributed by atoms with E-state index in [0.717, 1.165) is 4.47 Å². The van der Waals surface area contributed by atoms with Crippen LogP contribution in [0, 0.1) is 3.95 Å². The first-order valence-electron chi connectivity index (χ1n) is 5.53. The van der Waals surface area contributed by atoms with Crippen LogP contribution in [-0.4, -0.2) is 33.2 Å². The number of rotatable bonds is 5. The van der Waals surface area contributed by atoms with Gasteiger partial charge in [0.2, 0.25) is 0 Å². The highest BCUT2D eigenvalue weighted by atomic mass is 79.9. The number of amides is 1. The molecule has 6 nitrogen and oxygen atoms in total. The van der Waals surface area contributed by atoms with Crippen LogP contribution in [0.2, 0.25) is 0 Å². The number of hydrazone groups is 1. The smallest absolute Gasteiger partial charge is 0.250 e. The van der Waals surface area contributed by atoms with E-state index in [0.29, 0.717) is 13.9 Å². The SMILES string of the molecule is O=C(CSc1n[nH]c(=S)s1)NN=Cc1cc(Br)ccc1O. The molecule has 0 fully saturated rings. The fraction of sp³-hybridized carbons (Fsp3) is 0.0909. The van der Waals surface area contributed by atoms with E-state index in [9.17, 15) is 9.90 Å². The fourth-order valence-electron chi connectivity index (χ4n) is 1.24. The Bertz CT molecular complexity index is 728. The topological polar surface area (TPSA) is 90.4 Å². The quantitative estimate of drug-likeness (QED) is 0.308. The molecule has 0 aliphatic carbocycles. The van der Waals surface area contributed by atoms with Crippen molar-refractivity contribution in [2.24, 2.45) is 5.10 Å². The molecule has 110 valence electrons. The predicted molar refractivity (Wildman–Crippen MR) is 89.6 cm³/mol. The number of benzene rings is 1. The number of aromatic nitrogens is 2. The van der Waals surface area contributed by atoms with Crippen molar-refractivity contribution in [1.29, 1.82) is 0 Å². The molecule has 0 aliphatic rings. The van der Waals surface area contributed by atoms with Crippen molar-refractivity contribution < 1.29 is 9.90 Å². The number of hydrogen-bond acceptors (Lipinski definition) is 7. The van der Waals surface area contributed by atoms with Crippen molar-refractivity contribution in [2.75, 3.05) is 5.75 Å². The molecule has 0 atom stereocenters. The second-order valence-electron chi connectivity index (χ2n) is 3.66. The summed E-state index contributed by atoms with van der Waals surface area (Å²) in [7, 11) is 0. The van der Waals surface area contributed by atoms with Crippen LogP contribution in [0.5, 0.6) is 5.75 Å².